The van der Waals surface area contributed by atoms with Gasteiger partial charge in [-0.2, -0.15) is 80.8 Å². The monoisotopic (exact) mass is 918 g/mol. The molecule has 0 saturated carbocycles. The summed E-state index contributed by atoms with van der Waals surface area (Å²) in [5.74, 6) is -17.5. The summed E-state index contributed by atoms with van der Waals surface area (Å²) in [5.41, 5.74) is -17.2. The number of hydrogen-bond acceptors (Lipinski definition) is 4. The Morgan fingerprint density at radius 2 is 1.03 bits per heavy atom. The largest absolute Gasteiger partial charge is 0.457 e. The highest BCUT2D eigenvalue weighted by Gasteiger charge is 2.82. The molecule has 2 N–H and O–H groups in total. The molecular weight excluding hydrogens is 904 g/mol. The minimum absolute atomic E-state index is 0.0512. The Bertz CT molecular complexity index is 2160. The molecule has 0 aromatic heterocycles. The molecule has 2 atom stereocenters. The predicted molar refractivity (Wildman–Crippen MR) is 166 cm³/mol. The van der Waals surface area contributed by atoms with E-state index < -0.39 is 111 Å². The molecule has 0 spiro atoms. The molecular formula is C32H15Cl2F19N4O2. The normalized spacial score (nSPS) is 14.7. The van der Waals surface area contributed by atoms with Crippen LogP contribution >= 0.6 is 23.2 Å². The maximum atomic E-state index is 15.5. The van der Waals surface area contributed by atoms with Gasteiger partial charge in [-0.25, -0.2) is 13.2 Å². The molecule has 2 unspecified atom stereocenters. The molecule has 0 fully saturated rings. The summed E-state index contributed by atoms with van der Waals surface area (Å²) in [4.78, 5) is 25.7. The molecule has 0 radical (unpaired) electrons. The topological polar surface area (TPSA) is 106 Å². The quantitative estimate of drug-likeness (QED) is 0.230. The van der Waals surface area contributed by atoms with Crippen molar-refractivity contribution in [1.82, 2.24) is 0 Å². The number of nitriles is 2. The lowest BCUT2D eigenvalue weighted by atomic mass is 9.87. The van der Waals surface area contributed by atoms with Crippen LogP contribution in [0.2, 0.25) is 10.0 Å². The second-order valence-electron chi connectivity index (χ2n) is 11.6. The molecule has 27 heteroatoms. The fourth-order valence-electron chi connectivity index (χ4n) is 4.37. The number of carbonyl (C=O) groups is 2. The maximum absolute atomic E-state index is 15.5. The van der Waals surface area contributed by atoms with Crippen molar-refractivity contribution in [3.8, 4) is 12.1 Å². The van der Waals surface area contributed by atoms with Gasteiger partial charge in [-0.05, 0) is 61.9 Å². The number of carbonyl (C=O) groups excluding carboxylic acids is 2. The number of amides is 2. The Labute approximate surface area is 326 Å². The van der Waals surface area contributed by atoms with Crippen molar-refractivity contribution in [2.45, 2.75) is 61.7 Å². The van der Waals surface area contributed by atoms with Crippen molar-refractivity contribution >= 4 is 46.4 Å². The number of hydrogen-bond donors (Lipinski definition) is 2. The van der Waals surface area contributed by atoms with Crippen LogP contribution in [-0.4, -0.2) is 54.0 Å². The van der Waals surface area contributed by atoms with E-state index in [2.05, 4.69) is 5.32 Å². The van der Waals surface area contributed by atoms with Crippen LogP contribution in [0.4, 0.5) is 94.8 Å². The van der Waals surface area contributed by atoms with E-state index in [1.54, 1.807) is 6.07 Å². The summed E-state index contributed by atoms with van der Waals surface area (Å²) in [6.07, 6.45) is -26.8. The first-order valence-electron chi connectivity index (χ1n) is 14.6. The van der Waals surface area contributed by atoms with Crippen molar-refractivity contribution in [3.05, 3.63) is 91.7 Å². The fourth-order valence-corrected chi connectivity index (χ4v) is 4.95. The van der Waals surface area contributed by atoms with Gasteiger partial charge in [-0.3, -0.25) is 9.59 Å². The average Bonchev–Trinajstić information content (AvgIpc) is 3.07. The third-order valence-electron chi connectivity index (χ3n) is 7.68. The van der Waals surface area contributed by atoms with Crippen LogP contribution in [0, 0.1) is 35.4 Å². The van der Waals surface area contributed by atoms with Gasteiger partial charge in [0, 0.05) is 11.1 Å². The Morgan fingerprint density at radius 3 is 1.41 bits per heavy atom. The van der Waals surface area contributed by atoms with Gasteiger partial charge < -0.3 is 10.6 Å². The number of aryl methyl sites for hydroxylation is 1. The van der Waals surface area contributed by atoms with Crippen molar-refractivity contribution < 1.29 is 93.0 Å². The summed E-state index contributed by atoms with van der Waals surface area (Å²) in [7, 11) is 0. The Hall–Kier alpha value is -5.17. The zero-order valence-electron chi connectivity index (χ0n) is 28.2. The summed E-state index contributed by atoms with van der Waals surface area (Å²) < 4.78 is 242. The molecule has 0 bridgehead atoms. The molecule has 3 aromatic rings. The van der Waals surface area contributed by atoms with Crippen LogP contribution in [0.15, 0.2) is 42.5 Å². The fraction of sp³-hybridized carbons (Fsp3) is 0.312. The molecule has 0 saturated heterocycles. The summed E-state index contributed by atoms with van der Waals surface area (Å²) >= 11 is 11.4. The lowest BCUT2D eigenvalue weighted by molar-refractivity contribution is -0.389. The maximum Gasteiger partial charge on any atom is 0.457 e. The van der Waals surface area contributed by atoms with Gasteiger partial charge in [-0.1, -0.05) is 23.2 Å². The van der Waals surface area contributed by atoms with Crippen LogP contribution in [0.3, 0.4) is 0 Å². The molecule has 0 heterocycles. The SMILES string of the molecule is CC(F)(C(F)(F)F)C(F)(F)C(F)(F)F.Cc1cc(C#N)ccc1C(=O)Nc1c(C#N)ccc(C(=O)Nc2c(Cl)cc(C(F)(C(F)(F)F)C(F)(F)C(F)(F)F)cc2Cl)c1F. The van der Waals surface area contributed by atoms with E-state index >= 15 is 4.39 Å². The van der Waals surface area contributed by atoms with Gasteiger partial charge in [0.15, 0.2) is 5.82 Å². The molecule has 59 heavy (non-hydrogen) atoms. The van der Waals surface area contributed by atoms with Gasteiger partial charge in [0.2, 0.25) is 0 Å². The Kier molecular flexibility index (Phi) is 13.9. The highest BCUT2D eigenvalue weighted by Crippen LogP contribution is 2.59. The van der Waals surface area contributed by atoms with Crippen molar-refractivity contribution in [2.24, 2.45) is 0 Å². The van der Waals surface area contributed by atoms with E-state index in [9.17, 15) is 93.9 Å². The Morgan fingerprint density at radius 1 is 0.593 bits per heavy atom. The highest BCUT2D eigenvalue weighted by molar-refractivity contribution is 6.40. The minimum atomic E-state index is -7.03. The number of anilines is 2. The third-order valence-corrected chi connectivity index (χ3v) is 8.28. The van der Waals surface area contributed by atoms with E-state index in [4.69, 9.17) is 28.5 Å². The van der Waals surface area contributed by atoms with E-state index in [1.165, 1.54) is 25.1 Å². The van der Waals surface area contributed by atoms with E-state index in [-0.39, 0.29) is 28.8 Å². The number of alkyl halides is 18. The van der Waals surface area contributed by atoms with Crippen LogP contribution in [0.1, 0.15) is 49.9 Å². The number of nitrogens with one attached hydrogen (secondary N) is 2. The first-order valence-corrected chi connectivity index (χ1v) is 15.4. The predicted octanol–water partition coefficient (Wildman–Crippen LogP) is 12.1. The number of nitrogens with zero attached hydrogens (tertiary/aromatic N) is 2. The molecule has 3 aromatic carbocycles. The molecule has 0 aliphatic carbocycles. The van der Waals surface area contributed by atoms with Gasteiger partial charge in [-0.15, -0.1) is 0 Å². The van der Waals surface area contributed by atoms with Gasteiger partial charge in [0.25, 0.3) is 17.5 Å². The minimum Gasteiger partial charge on any atom is -0.319 e. The lowest BCUT2D eigenvalue weighted by Crippen LogP contribution is -2.60. The second-order valence-corrected chi connectivity index (χ2v) is 12.4. The molecule has 0 aliphatic rings. The average molecular weight is 919 g/mol. The van der Waals surface area contributed by atoms with Crippen molar-refractivity contribution in [3.63, 3.8) is 0 Å². The van der Waals surface area contributed by atoms with Crippen LogP contribution in [0.5, 0.6) is 0 Å². The third kappa shape index (κ3) is 9.35. The summed E-state index contributed by atoms with van der Waals surface area (Å²) in [6, 6.07) is 8.30. The van der Waals surface area contributed by atoms with Gasteiger partial charge >= 0.3 is 42.2 Å². The zero-order valence-corrected chi connectivity index (χ0v) is 29.7. The summed E-state index contributed by atoms with van der Waals surface area (Å²) in [5, 5.41) is 19.8. The molecule has 3 rings (SSSR count). The zero-order chi connectivity index (χ0) is 46.3. The Balaban J connectivity index is 0.000000729. The van der Waals surface area contributed by atoms with Crippen LogP contribution < -0.4 is 10.6 Å². The number of benzene rings is 3. The first kappa shape index (κ1) is 50.0. The number of halogens is 21. The molecule has 322 valence electrons. The van der Waals surface area contributed by atoms with E-state index in [1.807, 2.05) is 11.4 Å². The highest BCUT2D eigenvalue weighted by atomic mass is 35.5. The second kappa shape index (κ2) is 16.5. The molecule has 0 aliphatic heterocycles. The van der Waals surface area contributed by atoms with Gasteiger partial charge in [0.1, 0.15) is 6.07 Å². The van der Waals surface area contributed by atoms with Crippen molar-refractivity contribution in [1.29, 1.82) is 10.5 Å². The van der Waals surface area contributed by atoms with E-state index in [0.29, 0.717) is 0 Å². The van der Waals surface area contributed by atoms with Gasteiger partial charge in [0.05, 0.1) is 44.2 Å². The van der Waals surface area contributed by atoms with Crippen molar-refractivity contribution in [2.75, 3.05) is 10.6 Å². The van der Waals surface area contributed by atoms with Crippen LogP contribution in [0.25, 0.3) is 0 Å². The summed E-state index contributed by atoms with van der Waals surface area (Å²) in [6.45, 7) is 0.590. The number of rotatable bonds is 7. The molecule has 2 amide bonds. The van der Waals surface area contributed by atoms with Crippen LogP contribution in [-0.2, 0) is 5.67 Å². The standard InChI is InChI=1S/C27H12Cl2F10N4O2.C5H3F9/c1-11-6-12(9-40)2-4-15(11)22(44)42-20-13(10-41)3-5-16(19(20)30)23(45)43-21-17(28)7-14(8-18(21)29)24(31,26(34,35)36)25(32,33)27(37,38)39;1-2(6,4(9,10)11)3(7,8)5(12,13)14/h2-8H,1H3,(H,42,44)(H,43,45);1H3. The van der Waals surface area contributed by atoms with E-state index in [0.717, 1.165) is 12.1 Å². The lowest BCUT2D eigenvalue weighted by Gasteiger charge is -2.36. The smallest absolute Gasteiger partial charge is 0.319 e. The molecule has 6 nitrogen and oxygen atoms in total. The first-order chi connectivity index (χ1) is 26.4.